The van der Waals surface area contributed by atoms with Crippen molar-refractivity contribution < 1.29 is 13.2 Å². The highest BCUT2D eigenvalue weighted by molar-refractivity contribution is 7.88. The van der Waals surface area contributed by atoms with E-state index in [-0.39, 0.29) is 23.6 Å². The van der Waals surface area contributed by atoms with E-state index in [4.69, 9.17) is 11.6 Å². The molecule has 0 radical (unpaired) electrons. The van der Waals surface area contributed by atoms with Gasteiger partial charge in [0.05, 0.1) is 11.8 Å². The molecule has 30 heavy (non-hydrogen) atoms. The quantitative estimate of drug-likeness (QED) is 0.685. The number of piperidine rings is 1. The van der Waals surface area contributed by atoms with Crippen molar-refractivity contribution in [1.82, 2.24) is 9.62 Å². The molecule has 5 nitrogen and oxygen atoms in total. The molecule has 0 unspecified atom stereocenters. The zero-order valence-corrected chi connectivity index (χ0v) is 19.0. The fraction of sp³-hybridized carbons (Fsp3) is 0.435. The van der Waals surface area contributed by atoms with Gasteiger partial charge >= 0.3 is 0 Å². The molecule has 0 aromatic heterocycles. The lowest BCUT2D eigenvalue weighted by atomic mass is 9.96. The van der Waals surface area contributed by atoms with Gasteiger partial charge in [0.2, 0.25) is 15.9 Å². The molecule has 0 aliphatic carbocycles. The third kappa shape index (κ3) is 5.84. The Labute approximate surface area is 184 Å². The minimum atomic E-state index is -3.41. The van der Waals surface area contributed by atoms with Gasteiger partial charge in [-0.25, -0.2) is 12.7 Å². The molecule has 1 N–H and O–H groups in total. The summed E-state index contributed by atoms with van der Waals surface area (Å²) in [5, 5.41) is 3.66. The molecule has 1 aliphatic heterocycles. The van der Waals surface area contributed by atoms with E-state index in [1.807, 2.05) is 6.92 Å². The molecule has 1 aliphatic rings. The largest absolute Gasteiger partial charge is 0.349 e. The van der Waals surface area contributed by atoms with Crippen LogP contribution in [0.1, 0.15) is 49.4 Å². The molecule has 1 saturated heterocycles. The Bertz CT molecular complexity index is 951. The second-order valence-electron chi connectivity index (χ2n) is 7.88. The summed E-state index contributed by atoms with van der Waals surface area (Å²) >= 11 is 5.87. The van der Waals surface area contributed by atoms with Crippen LogP contribution in [0.15, 0.2) is 48.5 Å². The van der Waals surface area contributed by atoms with Crippen LogP contribution in [0.5, 0.6) is 0 Å². The highest BCUT2D eigenvalue weighted by Gasteiger charge is 2.31. The van der Waals surface area contributed by atoms with Crippen LogP contribution >= 0.6 is 11.6 Å². The van der Waals surface area contributed by atoms with Crippen LogP contribution in [0, 0.1) is 5.92 Å². The second kappa shape index (κ2) is 9.94. The summed E-state index contributed by atoms with van der Waals surface area (Å²) in [7, 11) is -3.41. The SMILES string of the molecule is CCc1ccc([C@@H](C)NC(=O)C2CCN(S(=O)(=O)Cc3ccc(Cl)cc3)CC2)cc1. The van der Waals surface area contributed by atoms with Crippen molar-refractivity contribution in [2.45, 2.75) is 44.9 Å². The maximum atomic E-state index is 12.7. The van der Waals surface area contributed by atoms with E-state index in [0.717, 1.165) is 12.0 Å². The molecule has 0 saturated carbocycles. The normalized spacial score (nSPS) is 16.9. The lowest BCUT2D eigenvalue weighted by molar-refractivity contribution is -0.126. The summed E-state index contributed by atoms with van der Waals surface area (Å²) in [6, 6.07) is 15.0. The zero-order valence-electron chi connectivity index (χ0n) is 17.5. The van der Waals surface area contributed by atoms with E-state index in [9.17, 15) is 13.2 Å². The Morgan fingerprint density at radius 3 is 2.20 bits per heavy atom. The van der Waals surface area contributed by atoms with Gasteiger partial charge in [0.1, 0.15) is 0 Å². The van der Waals surface area contributed by atoms with Gasteiger partial charge in [0.15, 0.2) is 0 Å². The Hall–Kier alpha value is -1.89. The van der Waals surface area contributed by atoms with Crippen LogP contribution in [0.25, 0.3) is 0 Å². The van der Waals surface area contributed by atoms with Crippen molar-refractivity contribution in [3.05, 3.63) is 70.2 Å². The zero-order chi connectivity index (χ0) is 21.7. The Kier molecular flexibility index (Phi) is 7.55. The second-order valence-corrected chi connectivity index (χ2v) is 10.3. The maximum Gasteiger partial charge on any atom is 0.223 e. The first-order valence-electron chi connectivity index (χ1n) is 10.4. The summed E-state index contributed by atoms with van der Waals surface area (Å²) in [6.07, 6.45) is 2.06. The average molecular weight is 449 g/mol. The molecule has 0 bridgehead atoms. The summed E-state index contributed by atoms with van der Waals surface area (Å²) in [6.45, 7) is 4.83. The summed E-state index contributed by atoms with van der Waals surface area (Å²) in [5.41, 5.74) is 3.05. The van der Waals surface area contributed by atoms with Gasteiger partial charge in [0.25, 0.3) is 0 Å². The molecular weight excluding hydrogens is 420 g/mol. The number of rotatable bonds is 7. The Morgan fingerprint density at radius 1 is 1.07 bits per heavy atom. The molecule has 7 heteroatoms. The highest BCUT2D eigenvalue weighted by atomic mass is 35.5. The fourth-order valence-electron chi connectivity index (χ4n) is 3.74. The molecule has 1 amide bonds. The first-order valence-corrected chi connectivity index (χ1v) is 12.4. The molecule has 1 fully saturated rings. The number of benzene rings is 2. The van der Waals surface area contributed by atoms with Crippen molar-refractivity contribution in [2.75, 3.05) is 13.1 Å². The van der Waals surface area contributed by atoms with E-state index in [2.05, 4.69) is 36.5 Å². The lowest BCUT2D eigenvalue weighted by Crippen LogP contribution is -2.43. The van der Waals surface area contributed by atoms with E-state index in [0.29, 0.717) is 36.5 Å². The minimum absolute atomic E-state index is 0.00295. The predicted molar refractivity (Wildman–Crippen MR) is 121 cm³/mol. The minimum Gasteiger partial charge on any atom is -0.349 e. The fourth-order valence-corrected chi connectivity index (χ4v) is 5.42. The molecular formula is C23H29ClN2O3S. The van der Waals surface area contributed by atoms with Crippen molar-refractivity contribution in [3.8, 4) is 0 Å². The van der Waals surface area contributed by atoms with Gasteiger partial charge in [-0.2, -0.15) is 0 Å². The standard InChI is InChI=1S/C23H29ClN2O3S/c1-3-18-4-8-20(9-5-18)17(2)25-23(27)21-12-14-26(15-13-21)30(28,29)16-19-6-10-22(24)11-7-19/h4-11,17,21H,3,12-16H2,1-2H3,(H,25,27)/t17-/m1/s1. The number of hydrogen-bond acceptors (Lipinski definition) is 3. The maximum absolute atomic E-state index is 12.7. The lowest BCUT2D eigenvalue weighted by Gasteiger charge is -2.31. The number of halogens is 1. The molecule has 162 valence electrons. The Balaban J connectivity index is 1.52. The van der Waals surface area contributed by atoms with Crippen LogP contribution in [-0.4, -0.2) is 31.7 Å². The van der Waals surface area contributed by atoms with E-state index in [1.54, 1.807) is 24.3 Å². The topological polar surface area (TPSA) is 66.5 Å². The molecule has 2 aromatic carbocycles. The molecule has 1 atom stereocenters. The molecule has 1 heterocycles. The molecule has 2 aromatic rings. The van der Waals surface area contributed by atoms with Gasteiger partial charge in [-0.3, -0.25) is 4.79 Å². The number of sulfonamides is 1. The average Bonchev–Trinajstić information content (AvgIpc) is 2.75. The highest BCUT2D eigenvalue weighted by Crippen LogP contribution is 2.23. The number of amides is 1. The summed E-state index contributed by atoms with van der Waals surface area (Å²) in [4.78, 5) is 12.7. The van der Waals surface area contributed by atoms with E-state index in [1.165, 1.54) is 9.87 Å². The van der Waals surface area contributed by atoms with E-state index >= 15 is 0 Å². The third-order valence-electron chi connectivity index (χ3n) is 5.73. The van der Waals surface area contributed by atoms with Crippen LogP contribution in [-0.2, 0) is 27.0 Å². The smallest absolute Gasteiger partial charge is 0.223 e. The van der Waals surface area contributed by atoms with Crippen LogP contribution < -0.4 is 5.32 Å². The van der Waals surface area contributed by atoms with Crippen molar-refractivity contribution >= 4 is 27.5 Å². The van der Waals surface area contributed by atoms with Gasteiger partial charge < -0.3 is 5.32 Å². The van der Waals surface area contributed by atoms with Crippen molar-refractivity contribution in [3.63, 3.8) is 0 Å². The number of carbonyl (C=O) groups excluding carboxylic acids is 1. The van der Waals surface area contributed by atoms with Gasteiger partial charge in [0, 0.05) is 24.0 Å². The van der Waals surface area contributed by atoms with Crippen LogP contribution in [0.3, 0.4) is 0 Å². The van der Waals surface area contributed by atoms with Crippen molar-refractivity contribution in [2.24, 2.45) is 5.92 Å². The van der Waals surface area contributed by atoms with E-state index < -0.39 is 10.0 Å². The first-order chi connectivity index (χ1) is 14.3. The Morgan fingerprint density at radius 2 is 1.63 bits per heavy atom. The number of aryl methyl sites for hydroxylation is 1. The number of hydrogen-bond donors (Lipinski definition) is 1. The number of carbonyl (C=O) groups is 1. The number of nitrogens with one attached hydrogen (secondary N) is 1. The summed E-state index contributed by atoms with van der Waals surface area (Å²) in [5.74, 6) is -0.215. The predicted octanol–water partition coefficient (Wildman–Crippen LogP) is 4.32. The molecule has 3 rings (SSSR count). The van der Waals surface area contributed by atoms with Gasteiger partial charge in [-0.05, 0) is 55.0 Å². The third-order valence-corrected chi connectivity index (χ3v) is 7.83. The van der Waals surface area contributed by atoms with Crippen LogP contribution in [0.4, 0.5) is 0 Å². The van der Waals surface area contributed by atoms with Crippen molar-refractivity contribution in [1.29, 1.82) is 0 Å². The monoisotopic (exact) mass is 448 g/mol. The first kappa shape index (κ1) is 22.8. The van der Waals surface area contributed by atoms with Gasteiger partial charge in [-0.1, -0.05) is 54.9 Å². The summed E-state index contributed by atoms with van der Waals surface area (Å²) < 4.78 is 26.9. The molecule has 0 spiro atoms. The number of nitrogens with zero attached hydrogens (tertiary/aromatic N) is 1. The van der Waals surface area contributed by atoms with Crippen LogP contribution in [0.2, 0.25) is 5.02 Å². The van der Waals surface area contributed by atoms with Gasteiger partial charge in [-0.15, -0.1) is 0 Å².